The van der Waals surface area contributed by atoms with Gasteiger partial charge in [0.05, 0.1) is 16.1 Å². The van der Waals surface area contributed by atoms with Gasteiger partial charge in [0.1, 0.15) is 5.75 Å². The van der Waals surface area contributed by atoms with Gasteiger partial charge in [-0.1, -0.05) is 104 Å². The predicted octanol–water partition coefficient (Wildman–Crippen LogP) is 9.49. The first kappa shape index (κ1) is 40.9. The van der Waals surface area contributed by atoms with E-state index in [1.165, 1.54) is 21.5 Å². The second-order valence-corrected chi connectivity index (χ2v) is 20.9. The molecule has 216 valence electrons. The van der Waals surface area contributed by atoms with Crippen molar-refractivity contribution in [1.82, 2.24) is 0 Å². The topological polar surface area (TPSA) is 20.2 Å². The Bertz CT molecular complexity index is 1370. The summed E-state index contributed by atoms with van der Waals surface area (Å²) in [5.74, 6) is 0.323. The third kappa shape index (κ3) is 11.2. The van der Waals surface area contributed by atoms with Gasteiger partial charge < -0.3 is 19.0 Å². The molecule has 0 aliphatic rings. The van der Waals surface area contributed by atoms with Crippen molar-refractivity contribution in [3.63, 3.8) is 0 Å². The van der Waals surface area contributed by atoms with E-state index < -0.39 is 16.1 Å². The number of benzene rings is 4. The number of phenols is 1. The van der Waals surface area contributed by atoms with Gasteiger partial charge in [-0.15, -0.1) is 64.6 Å². The number of hydrogen-bond acceptors (Lipinski definition) is 1. The molecule has 0 saturated heterocycles. The van der Waals surface area contributed by atoms with Crippen molar-refractivity contribution in [2.75, 3.05) is 0 Å². The van der Waals surface area contributed by atoms with Crippen molar-refractivity contribution in [3.05, 3.63) is 98.8 Å². The molecule has 1 N–H and O–H groups in total. The van der Waals surface area contributed by atoms with Gasteiger partial charge in [-0.3, -0.25) is 0 Å². The van der Waals surface area contributed by atoms with E-state index >= 15 is 0 Å². The Morgan fingerprint density at radius 2 is 1.00 bits per heavy atom. The van der Waals surface area contributed by atoms with Crippen LogP contribution in [0.3, 0.4) is 0 Å². The molecule has 5 rings (SSSR count). The molecule has 0 spiro atoms. The second kappa shape index (κ2) is 19.0. The van der Waals surface area contributed by atoms with E-state index in [9.17, 15) is 0 Å². The van der Waals surface area contributed by atoms with Crippen LogP contribution in [0, 0.1) is 13.8 Å². The molecule has 40 heavy (non-hydrogen) atoms. The number of halogens is 2. The molecule has 0 aliphatic carbocycles. The fourth-order valence-electron chi connectivity index (χ4n) is 4.13. The SMILES string of the molecule is C[Si](C)(C)c1ccc2c(c1)[cH-]c1cc([Si](C)(C)C)ccc12.Cl.Cl.Oc1ccc2ccccc2c1.[CH2-]C.[CH2-]C.[Si]=[Ti]. The normalized spacial score (nSPS) is 10.1. The molecule has 7 heteroatoms. The van der Waals surface area contributed by atoms with E-state index in [0.717, 1.165) is 10.8 Å². The molecule has 0 atom stereocenters. The van der Waals surface area contributed by atoms with Gasteiger partial charge in [0, 0.05) is 0 Å². The molecular formula is C33H45Cl2OSi3Ti-3. The van der Waals surface area contributed by atoms with Crippen LogP contribution >= 0.6 is 24.8 Å². The van der Waals surface area contributed by atoms with E-state index in [-0.39, 0.29) is 24.8 Å². The zero-order valence-corrected chi connectivity index (χ0v) is 31.5. The van der Waals surface area contributed by atoms with Gasteiger partial charge in [0.15, 0.2) is 0 Å². The summed E-state index contributed by atoms with van der Waals surface area (Å²) in [5, 5.41) is 20.1. The molecule has 1 nitrogen and oxygen atoms in total. The maximum atomic E-state index is 9.13. The second-order valence-electron chi connectivity index (χ2n) is 10.8. The quantitative estimate of drug-likeness (QED) is 0.148. The fourth-order valence-corrected chi connectivity index (χ4v) is 6.48. The number of rotatable bonds is 2. The van der Waals surface area contributed by atoms with Crippen LogP contribution in [0.15, 0.2) is 84.9 Å². The minimum atomic E-state index is -1.23. The number of phenolic OH excluding ortho intramolecular Hbond substituents is 1. The van der Waals surface area contributed by atoms with Crippen LogP contribution < -0.4 is 10.4 Å². The monoisotopic (exact) mass is 659 g/mol. The Morgan fingerprint density at radius 3 is 1.40 bits per heavy atom. The van der Waals surface area contributed by atoms with E-state index in [1.54, 1.807) is 55.5 Å². The van der Waals surface area contributed by atoms with Crippen LogP contribution in [0.25, 0.3) is 32.3 Å². The minimum absolute atomic E-state index is 0. The first-order chi connectivity index (χ1) is 18.0. The van der Waals surface area contributed by atoms with Crippen LogP contribution in [-0.4, -0.2) is 28.9 Å². The molecule has 0 heterocycles. The summed E-state index contributed by atoms with van der Waals surface area (Å²) in [7, 11) is 0.505. The van der Waals surface area contributed by atoms with E-state index in [0.29, 0.717) is 5.75 Å². The number of aromatic hydroxyl groups is 1. The molecule has 2 radical (unpaired) electrons. The van der Waals surface area contributed by atoms with Crippen LogP contribution in [0.5, 0.6) is 5.75 Å². The van der Waals surface area contributed by atoms with Crippen molar-refractivity contribution in [2.45, 2.75) is 53.1 Å². The van der Waals surface area contributed by atoms with Crippen LogP contribution in [0.1, 0.15) is 13.8 Å². The van der Waals surface area contributed by atoms with Gasteiger partial charge in [0.25, 0.3) is 0 Å². The third-order valence-corrected chi connectivity index (χ3v) is 10.3. The van der Waals surface area contributed by atoms with Crippen molar-refractivity contribution in [1.29, 1.82) is 0 Å². The Labute approximate surface area is 271 Å². The van der Waals surface area contributed by atoms with Crippen molar-refractivity contribution >= 4 is 91.3 Å². The Kier molecular flexibility index (Phi) is 19.5. The number of fused-ring (bicyclic) bond motifs is 4. The maximum absolute atomic E-state index is 9.13. The van der Waals surface area contributed by atoms with Gasteiger partial charge in [0.2, 0.25) is 0 Å². The van der Waals surface area contributed by atoms with E-state index in [4.69, 9.17) is 5.11 Å². The summed E-state index contributed by atoms with van der Waals surface area (Å²) >= 11 is 1.81. The summed E-state index contributed by atoms with van der Waals surface area (Å²) < 4.78 is 0. The molecule has 0 unspecified atom stereocenters. The predicted molar refractivity (Wildman–Crippen MR) is 191 cm³/mol. The van der Waals surface area contributed by atoms with Crippen molar-refractivity contribution < 1.29 is 24.3 Å². The van der Waals surface area contributed by atoms with Gasteiger partial charge >= 0.3 is 26.8 Å². The van der Waals surface area contributed by atoms with Gasteiger partial charge in [-0.05, 0) is 22.9 Å². The van der Waals surface area contributed by atoms with Gasteiger partial charge in [-0.2, -0.15) is 13.8 Å². The van der Waals surface area contributed by atoms with Crippen molar-refractivity contribution in [3.8, 4) is 5.75 Å². The standard InChI is InChI=1S/C19H25Si2.C10H8O.2C2H5.2ClH.Si.Ti/c1-20(2,3)16-7-9-18-14(12-16)11-15-13-17(21(4,5)6)8-10-19(15)18;11-10-6-5-8-3-1-2-4-9(8)7-10;2*1-2;;;;/h7-13H,1-6H3;1-7,11H;2*1H2,2H3;2*1H;;/q-1;;2*-1;;;;. The molecule has 5 aromatic rings. The molecule has 5 aromatic carbocycles. The third-order valence-electron chi connectivity index (χ3n) is 6.17. The summed E-state index contributed by atoms with van der Waals surface area (Å²) in [4.78, 5) is 0. The van der Waals surface area contributed by atoms with Crippen LogP contribution in [0.4, 0.5) is 0 Å². The zero-order valence-electron chi connectivity index (χ0n) is 25.3. The number of hydrogen-bond donors (Lipinski definition) is 1. The fraction of sp³-hybridized carbons (Fsp3) is 0.242. The molecule has 0 aromatic heterocycles. The Hall–Kier alpha value is -1.25. The van der Waals surface area contributed by atoms with Gasteiger partial charge in [-0.25, -0.2) is 0 Å². The molecule has 0 fully saturated rings. The molecular weight excluding hydrogens is 615 g/mol. The van der Waals surface area contributed by atoms with Crippen LogP contribution in [-0.2, 0) is 19.2 Å². The first-order valence-electron chi connectivity index (χ1n) is 13.0. The van der Waals surface area contributed by atoms with E-state index in [1.807, 2.05) is 30.3 Å². The molecule has 0 amide bonds. The average molecular weight is 661 g/mol. The van der Waals surface area contributed by atoms with Crippen LogP contribution in [0.2, 0.25) is 39.3 Å². The molecule has 0 aliphatic heterocycles. The molecule has 0 bridgehead atoms. The summed E-state index contributed by atoms with van der Waals surface area (Å²) in [6.45, 7) is 24.5. The summed E-state index contributed by atoms with van der Waals surface area (Å²) in [6.07, 6.45) is 0. The summed E-state index contributed by atoms with van der Waals surface area (Å²) in [6, 6.07) is 29.9. The Balaban J connectivity index is 0. The molecule has 0 saturated carbocycles. The first-order valence-corrected chi connectivity index (χ1v) is 22.8. The average Bonchev–Trinajstić information content (AvgIpc) is 3.29. The summed E-state index contributed by atoms with van der Waals surface area (Å²) in [5.41, 5.74) is 0. The Morgan fingerprint density at radius 1 is 0.600 bits per heavy atom. The van der Waals surface area contributed by atoms with E-state index in [2.05, 4.69) is 103 Å². The zero-order chi connectivity index (χ0) is 29.1. The van der Waals surface area contributed by atoms with Crippen molar-refractivity contribution in [2.24, 2.45) is 0 Å².